The second kappa shape index (κ2) is 5.08. The maximum atomic E-state index is 13.7. The first-order valence-corrected chi connectivity index (χ1v) is 6.79. The molecular formula is C17H15FO2. The van der Waals surface area contributed by atoms with Gasteiger partial charge in [-0.05, 0) is 41.5 Å². The van der Waals surface area contributed by atoms with Crippen LogP contribution < -0.4 is 0 Å². The second-order valence-corrected chi connectivity index (χ2v) is 5.22. The summed E-state index contributed by atoms with van der Waals surface area (Å²) in [6, 6.07) is 12.2. The molecule has 1 N–H and O–H groups in total. The Labute approximate surface area is 116 Å². The molecule has 0 bridgehead atoms. The zero-order chi connectivity index (χ0) is 14.1. The van der Waals surface area contributed by atoms with E-state index < -0.39 is 11.8 Å². The van der Waals surface area contributed by atoms with Crippen molar-refractivity contribution in [1.82, 2.24) is 0 Å². The highest BCUT2D eigenvalue weighted by atomic mass is 19.1. The lowest BCUT2D eigenvalue weighted by Gasteiger charge is -2.26. The predicted molar refractivity (Wildman–Crippen MR) is 75.4 cm³/mol. The first-order chi connectivity index (χ1) is 9.66. The van der Waals surface area contributed by atoms with Crippen molar-refractivity contribution < 1.29 is 14.3 Å². The third-order valence-corrected chi connectivity index (χ3v) is 4.00. The third-order valence-electron chi connectivity index (χ3n) is 4.00. The lowest BCUT2D eigenvalue weighted by Crippen LogP contribution is -2.09. The van der Waals surface area contributed by atoms with Crippen LogP contribution in [0, 0.1) is 5.82 Å². The van der Waals surface area contributed by atoms with Crippen molar-refractivity contribution in [2.75, 3.05) is 0 Å². The molecule has 3 heteroatoms. The van der Waals surface area contributed by atoms with Gasteiger partial charge in [-0.1, -0.05) is 42.8 Å². The fourth-order valence-electron chi connectivity index (χ4n) is 2.68. The van der Waals surface area contributed by atoms with E-state index in [1.54, 1.807) is 12.1 Å². The molecule has 102 valence electrons. The average molecular weight is 270 g/mol. The average Bonchev–Trinajstić information content (AvgIpc) is 2.36. The number of hydrogen-bond acceptors (Lipinski definition) is 1. The Balaban J connectivity index is 2.09. The van der Waals surface area contributed by atoms with Gasteiger partial charge in [-0.2, -0.15) is 0 Å². The number of rotatable bonds is 3. The lowest BCUT2D eigenvalue weighted by atomic mass is 9.79. The Morgan fingerprint density at radius 2 is 1.90 bits per heavy atom. The van der Waals surface area contributed by atoms with Gasteiger partial charge >= 0.3 is 5.97 Å². The van der Waals surface area contributed by atoms with Crippen molar-refractivity contribution in [2.24, 2.45) is 0 Å². The van der Waals surface area contributed by atoms with Crippen molar-refractivity contribution >= 4 is 5.97 Å². The van der Waals surface area contributed by atoms with Crippen LogP contribution in [0.2, 0.25) is 0 Å². The second-order valence-electron chi connectivity index (χ2n) is 5.22. The minimum Gasteiger partial charge on any atom is -0.478 e. The van der Waals surface area contributed by atoms with Gasteiger partial charge in [0.15, 0.2) is 0 Å². The SMILES string of the molecule is O=C(O)c1c(F)cccc1-c1cccc(C2CCC2)c1. The fourth-order valence-corrected chi connectivity index (χ4v) is 2.68. The Hall–Kier alpha value is -2.16. The zero-order valence-corrected chi connectivity index (χ0v) is 11.0. The summed E-state index contributed by atoms with van der Waals surface area (Å²) >= 11 is 0. The summed E-state index contributed by atoms with van der Waals surface area (Å²) in [5.74, 6) is -1.35. The summed E-state index contributed by atoms with van der Waals surface area (Å²) in [5.41, 5.74) is 2.18. The van der Waals surface area contributed by atoms with Gasteiger partial charge in [0.25, 0.3) is 0 Å². The maximum absolute atomic E-state index is 13.7. The van der Waals surface area contributed by atoms with Gasteiger partial charge in [-0.15, -0.1) is 0 Å². The Kier molecular flexibility index (Phi) is 3.26. The van der Waals surface area contributed by atoms with Gasteiger partial charge in [-0.3, -0.25) is 0 Å². The molecule has 1 fully saturated rings. The van der Waals surface area contributed by atoms with Gasteiger partial charge in [0.2, 0.25) is 0 Å². The summed E-state index contributed by atoms with van der Waals surface area (Å²) < 4.78 is 13.7. The van der Waals surface area contributed by atoms with Crippen LogP contribution in [0.25, 0.3) is 11.1 Å². The van der Waals surface area contributed by atoms with Gasteiger partial charge in [-0.25, -0.2) is 9.18 Å². The minimum absolute atomic E-state index is 0.252. The number of aromatic carboxylic acids is 1. The molecule has 2 aromatic carbocycles. The Bertz CT molecular complexity index is 660. The van der Waals surface area contributed by atoms with Crippen LogP contribution in [-0.4, -0.2) is 11.1 Å². The van der Waals surface area contributed by atoms with E-state index >= 15 is 0 Å². The molecule has 0 amide bonds. The number of carboxylic acid groups (broad SMARTS) is 1. The number of carbonyl (C=O) groups is 1. The van der Waals surface area contributed by atoms with Crippen molar-refractivity contribution in [1.29, 1.82) is 0 Å². The molecule has 1 aliphatic carbocycles. The fraction of sp³-hybridized carbons (Fsp3) is 0.235. The first-order valence-electron chi connectivity index (χ1n) is 6.79. The van der Waals surface area contributed by atoms with Gasteiger partial charge in [0.1, 0.15) is 11.4 Å². The van der Waals surface area contributed by atoms with Gasteiger partial charge in [0.05, 0.1) is 0 Å². The smallest absolute Gasteiger partial charge is 0.339 e. The summed E-state index contributed by atoms with van der Waals surface area (Å²) in [6.45, 7) is 0. The van der Waals surface area contributed by atoms with E-state index in [9.17, 15) is 14.3 Å². The van der Waals surface area contributed by atoms with Gasteiger partial charge < -0.3 is 5.11 Å². The van der Waals surface area contributed by atoms with Crippen LogP contribution in [0.1, 0.15) is 41.1 Å². The Morgan fingerprint density at radius 1 is 1.15 bits per heavy atom. The van der Waals surface area contributed by atoms with E-state index in [4.69, 9.17) is 0 Å². The van der Waals surface area contributed by atoms with E-state index in [-0.39, 0.29) is 5.56 Å². The molecular weight excluding hydrogens is 255 g/mol. The number of carboxylic acids is 1. The van der Waals surface area contributed by atoms with Crippen molar-refractivity contribution in [3.63, 3.8) is 0 Å². The van der Waals surface area contributed by atoms with Crippen LogP contribution in [-0.2, 0) is 0 Å². The van der Waals surface area contributed by atoms with E-state index in [1.807, 2.05) is 18.2 Å². The molecule has 0 unspecified atom stereocenters. The quantitative estimate of drug-likeness (QED) is 0.894. The molecule has 2 aromatic rings. The summed E-state index contributed by atoms with van der Waals surface area (Å²) in [4.78, 5) is 11.3. The highest BCUT2D eigenvalue weighted by Crippen LogP contribution is 2.38. The number of hydrogen-bond donors (Lipinski definition) is 1. The summed E-state index contributed by atoms with van der Waals surface area (Å²) in [5, 5.41) is 9.20. The molecule has 0 saturated heterocycles. The highest BCUT2D eigenvalue weighted by Gasteiger charge is 2.21. The number of halogens is 1. The van der Waals surface area contributed by atoms with Gasteiger partial charge in [0, 0.05) is 0 Å². The van der Waals surface area contributed by atoms with Crippen molar-refractivity contribution in [2.45, 2.75) is 25.2 Å². The Morgan fingerprint density at radius 3 is 2.55 bits per heavy atom. The molecule has 0 radical (unpaired) electrons. The molecule has 0 heterocycles. The number of benzene rings is 2. The highest BCUT2D eigenvalue weighted by molar-refractivity contribution is 5.96. The van der Waals surface area contributed by atoms with Crippen LogP contribution in [0.15, 0.2) is 42.5 Å². The van der Waals surface area contributed by atoms with Crippen molar-refractivity contribution in [3.8, 4) is 11.1 Å². The molecule has 0 atom stereocenters. The normalized spacial score (nSPS) is 14.8. The lowest BCUT2D eigenvalue weighted by molar-refractivity contribution is 0.0693. The molecule has 20 heavy (non-hydrogen) atoms. The molecule has 3 rings (SSSR count). The van der Waals surface area contributed by atoms with E-state index in [2.05, 4.69) is 6.07 Å². The standard InChI is InChI=1S/C17H15FO2/c18-15-9-3-8-14(16(15)17(19)20)13-7-2-6-12(10-13)11-4-1-5-11/h2-3,6-11H,1,4-5H2,(H,19,20). The van der Waals surface area contributed by atoms with E-state index in [1.165, 1.54) is 30.9 Å². The van der Waals surface area contributed by atoms with Crippen LogP contribution in [0.3, 0.4) is 0 Å². The van der Waals surface area contributed by atoms with Crippen LogP contribution in [0.5, 0.6) is 0 Å². The molecule has 2 nitrogen and oxygen atoms in total. The largest absolute Gasteiger partial charge is 0.478 e. The molecule has 0 aromatic heterocycles. The molecule has 1 saturated carbocycles. The predicted octanol–water partition coefficient (Wildman–Crippen LogP) is 4.46. The maximum Gasteiger partial charge on any atom is 0.339 e. The van der Waals surface area contributed by atoms with Crippen LogP contribution in [0.4, 0.5) is 4.39 Å². The minimum atomic E-state index is -1.23. The topological polar surface area (TPSA) is 37.3 Å². The summed E-state index contributed by atoms with van der Waals surface area (Å²) in [6.07, 6.45) is 3.60. The molecule has 1 aliphatic rings. The van der Waals surface area contributed by atoms with Crippen LogP contribution >= 0.6 is 0 Å². The molecule has 0 aliphatic heterocycles. The molecule has 0 spiro atoms. The van der Waals surface area contributed by atoms with Crippen molar-refractivity contribution in [3.05, 3.63) is 59.4 Å². The summed E-state index contributed by atoms with van der Waals surface area (Å²) in [7, 11) is 0. The zero-order valence-electron chi connectivity index (χ0n) is 11.0. The van der Waals surface area contributed by atoms with E-state index in [0.717, 1.165) is 5.56 Å². The monoisotopic (exact) mass is 270 g/mol. The third kappa shape index (κ3) is 2.20. The first kappa shape index (κ1) is 12.9. The van der Waals surface area contributed by atoms with E-state index in [0.29, 0.717) is 11.5 Å².